The van der Waals surface area contributed by atoms with Gasteiger partial charge in [0.2, 0.25) is 5.91 Å². The van der Waals surface area contributed by atoms with Gasteiger partial charge in [0, 0.05) is 6.42 Å². The molecule has 65 heavy (non-hydrogen) atoms. The number of hydrogen-bond acceptors (Lipinski definition) is 5. The molecule has 6 nitrogen and oxygen atoms in total. The zero-order valence-corrected chi connectivity index (χ0v) is 42.3. The number of allylic oxidation sites excluding steroid dienone is 16. The maximum absolute atomic E-state index is 13.2. The van der Waals surface area contributed by atoms with Gasteiger partial charge in [0.15, 0.2) is 0 Å². The topological polar surface area (TPSA) is 95.9 Å². The fourth-order valence-electron chi connectivity index (χ4n) is 7.66. The Balaban J connectivity index is 4.74. The predicted octanol–water partition coefficient (Wildman–Crippen LogP) is 16.5. The lowest BCUT2D eigenvalue weighted by Gasteiger charge is -2.24. The van der Waals surface area contributed by atoms with Crippen LogP contribution in [0.3, 0.4) is 0 Å². The quantitative estimate of drug-likeness (QED) is 0.0245. The molecule has 1 amide bonds. The van der Waals surface area contributed by atoms with E-state index in [0.717, 1.165) is 96.3 Å². The predicted molar refractivity (Wildman–Crippen MR) is 282 cm³/mol. The summed E-state index contributed by atoms with van der Waals surface area (Å²) < 4.78 is 5.91. The van der Waals surface area contributed by atoms with Crippen LogP contribution in [0.15, 0.2) is 97.2 Å². The maximum Gasteiger partial charge on any atom is 0.306 e. The largest absolute Gasteiger partial charge is 0.462 e. The standard InChI is InChI=1S/C59H101NO5/c1-4-7-10-13-16-19-22-25-28-29-31-32-35-38-41-44-47-50-55(65-59(64)52-49-46-43-40-37-34-30-26-23-20-17-14-11-8-5-2)53-58(63)60-56(54-61)57(62)51-48-45-42-39-36-33-27-24-21-18-15-12-9-6-3/h8,11,14,16-17,19-20,23,25-26,28,30-32,38,41,55-57,61-62H,4-7,9-10,12-13,15,18,21-22,24,27,29,33-37,39-40,42-54H2,1-3H3,(H,60,63)/b11-8+,17-14+,19-16-,23-20+,28-25-,30-26-,32-31-,41-38-. The van der Waals surface area contributed by atoms with E-state index >= 15 is 0 Å². The molecule has 0 aliphatic rings. The Morgan fingerprint density at radius 1 is 0.477 bits per heavy atom. The number of ether oxygens (including phenoxy) is 1. The summed E-state index contributed by atoms with van der Waals surface area (Å²) >= 11 is 0. The van der Waals surface area contributed by atoms with Gasteiger partial charge in [0.05, 0.1) is 25.2 Å². The first-order chi connectivity index (χ1) is 32.0. The molecule has 0 bridgehead atoms. The molecule has 0 aromatic carbocycles. The molecule has 3 N–H and O–H groups in total. The van der Waals surface area contributed by atoms with Crippen LogP contribution in [0.4, 0.5) is 0 Å². The lowest BCUT2D eigenvalue weighted by Crippen LogP contribution is -2.46. The molecule has 0 radical (unpaired) electrons. The number of carbonyl (C=O) groups is 2. The van der Waals surface area contributed by atoms with Gasteiger partial charge >= 0.3 is 5.97 Å². The number of unbranched alkanes of at least 4 members (excludes halogenated alkanes) is 22. The summed E-state index contributed by atoms with van der Waals surface area (Å²) in [5, 5.41) is 23.8. The fraction of sp³-hybridized carbons (Fsp3) is 0.695. The number of aliphatic hydroxyl groups is 2. The van der Waals surface area contributed by atoms with Crippen LogP contribution >= 0.6 is 0 Å². The lowest BCUT2D eigenvalue weighted by atomic mass is 10.0. The molecule has 3 atom stereocenters. The van der Waals surface area contributed by atoms with Crippen LogP contribution in [0.25, 0.3) is 0 Å². The zero-order valence-electron chi connectivity index (χ0n) is 42.3. The summed E-state index contributed by atoms with van der Waals surface area (Å²) in [5.41, 5.74) is 0. The second-order valence-corrected chi connectivity index (χ2v) is 18.0. The minimum Gasteiger partial charge on any atom is -0.462 e. The van der Waals surface area contributed by atoms with E-state index in [1.807, 2.05) is 18.2 Å². The van der Waals surface area contributed by atoms with E-state index in [2.05, 4.69) is 105 Å². The summed E-state index contributed by atoms with van der Waals surface area (Å²) in [6, 6.07) is -0.730. The summed E-state index contributed by atoms with van der Waals surface area (Å²) in [7, 11) is 0. The van der Waals surface area contributed by atoms with Crippen LogP contribution < -0.4 is 5.32 Å². The molecule has 0 heterocycles. The Labute approximate surface area is 401 Å². The van der Waals surface area contributed by atoms with Crippen LogP contribution in [0.1, 0.15) is 239 Å². The van der Waals surface area contributed by atoms with Gasteiger partial charge in [-0.1, -0.05) is 240 Å². The highest BCUT2D eigenvalue weighted by Gasteiger charge is 2.24. The summed E-state index contributed by atoms with van der Waals surface area (Å²) in [6.07, 6.45) is 68.9. The molecule has 0 rings (SSSR count). The molecule has 372 valence electrons. The number of rotatable bonds is 47. The third-order valence-electron chi connectivity index (χ3n) is 11.7. The smallest absolute Gasteiger partial charge is 0.306 e. The number of amides is 1. The molecular formula is C59H101NO5. The van der Waals surface area contributed by atoms with Gasteiger partial charge in [-0.05, 0) is 83.5 Å². The first-order valence-corrected chi connectivity index (χ1v) is 27.0. The molecule has 0 aliphatic carbocycles. The van der Waals surface area contributed by atoms with Crippen molar-refractivity contribution in [3.8, 4) is 0 Å². The SMILES string of the molecule is CC/C=C/C=C/C=C/C=C\CCCCCCCC(=O)OC(CCC/C=C\C/C=C\C/C=C\C/C=C\CCCCC)CC(=O)NC(CO)C(O)CCCCCCCCCCCCCCCC. The highest BCUT2D eigenvalue weighted by atomic mass is 16.5. The third kappa shape index (κ3) is 47.1. The number of esters is 1. The average Bonchev–Trinajstić information content (AvgIpc) is 3.30. The van der Waals surface area contributed by atoms with E-state index in [1.54, 1.807) is 0 Å². The molecule has 0 aliphatic heterocycles. The van der Waals surface area contributed by atoms with Crippen molar-refractivity contribution in [2.75, 3.05) is 6.61 Å². The average molecular weight is 904 g/mol. The van der Waals surface area contributed by atoms with E-state index in [-0.39, 0.29) is 24.9 Å². The molecule has 0 fully saturated rings. The summed E-state index contributed by atoms with van der Waals surface area (Å²) in [5.74, 6) is -0.559. The van der Waals surface area contributed by atoms with Crippen LogP contribution in [0.5, 0.6) is 0 Å². The van der Waals surface area contributed by atoms with E-state index in [4.69, 9.17) is 4.74 Å². The Bertz CT molecular complexity index is 1290. The van der Waals surface area contributed by atoms with Crippen molar-refractivity contribution < 1.29 is 24.5 Å². The van der Waals surface area contributed by atoms with Crippen molar-refractivity contribution in [2.45, 2.75) is 257 Å². The van der Waals surface area contributed by atoms with Gasteiger partial charge in [-0.3, -0.25) is 9.59 Å². The minimum absolute atomic E-state index is 0.0251. The second kappa shape index (κ2) is 51.8. The Kier molecular flexibility index (Phi) is 49.2. The third-order valence-corrected chi connectivity index (χ3v) is 11.7. The molecule has 6 heteroatoms. The van der Waals surface area contributed by atoms with Crippen molar-refractivity contribution in [3.05, 3.63) is 97.2 Å². The normalized spacial score (nSPS) is 14.0. The Morgan fingerprint density at radius 3 is 1.46 bits per heavy atom. The van der Waals surface area contributed by atoms with Crippen molar-refractivity contribution >= 4 is 11.9 Å². The van der Waals surface area contributed by atoms with E-state index in [1.165, 1.54) is 96.3 Å². The first kappa shape index (κ1) is 61.8. The molecule has 0 aromatic rings. The highest BCUT2D eigenvalue weighted by molar-refractivity contribution is 5.77. The molecule has 0 aromatic heterocycles. The fourth-order valence-corrected chi connectivity index (χ4v) is 7.66. The molecular weight excluding hydrogens is 803 g/mol. The van der Waals surface area contributed by atoms with Crippen molar-refractivity contribution in [2.24, 2.45) is 0 Å². The van der Waals surface area contributed by atoms with Gasteiger partial charge in [0.25, 0.3) is 0 Å². The second-order valence-electron chi connectivity index (χ2n) is 18.0. The van der Waals surface area contributed by atoms with Crippen molar-refractivity contribution in [3.63, 3.8) is 0 Å². The van der Waals surface area contributed by atoms with E-state index < -0.39 is 18.2 Å². The zero-order chi connectivity index (χ0) is 47.4. The molecule has 0 saturated heterocycles. The number of aliphatic hydroxyl groups excluding tert-OH is 2. The number of nitrogens with one attached hydrogen (secondary N) is 1. The molecule has 0 spiro atoms. The highest BCUT2D eigenvalue weighted by Crippen LogP contribution is 2.17. The van der Waals surface area contributed by atoms with Crippen LogP contribution in [-0.2, 0) is 14.3 Å². The lowest BCUT2D eigenvalue weighted by molar-refractivity contribution is -0.151. The Morgan fingerprint density at radius 2 is 0.908 bits per heavy atom. The monoisotopic (exact) mass is 904 g/mol. The van der Waals surface area contributed by atoms with Crippen molar-refractivity contribution in [1.82, 2.24) is 5.32 Å². The van der Waals surface area contributed by atoms with Gasteiger partial charge in [-0.25, -0.2) is 0 Å². The maximum atomic E-state index is 13.2. The van der Waals surface area contributed by atoms with Crippen LogP contribution in [0, 0.1) is 0 Å². The number of carbonyl (C=O) groups excluding carboxylic acids is 2. The van der Waals surface area contributed by atoms with E-state index in [0.29, 0.717) is 19.3 Å². The van der Waals surface area contributed by atoms with Gasteiger partial charge in [0.1, 0.15) is 6.10 Å². The van der Waals surface area contributed by atoms with Gasteiger partial charge < -0.3 is 20.3 Å². The molecule has 3 unspecified atom stereocenters. The van der Waals surface area contributed by atoms with Crippen molar-refractivity contribution in [1.29, 1.82) is 0 Å². The summed E-state index contributed by atoms with van der Waals surface area (Å²) in [4.78, 5) is 26.2. The van der Waals surface area contributed by atoms with Crippen LogP contribution in [-0.4, -0.2) is 46.9 Å². The number of hydrogen-bond donors (Lipinski definition) is 3. The van der Waals surface area contributed by atoms with Gasteiger partial charge in [-0.2, -0.15) is 0 Å². The Hall–Kier alpha value is -3.22. The van der Waals surface area contributed by atoms with E-state index in [9.17, 15) is 19.8 Å². The van der Waals surface area contributed by atoms with Gasteiger partial charge in [-0.15, -0.1) is 0 Å². The summed E-state index contributed by atoms with van der Waals surface area (Å²) in [6.45, 7) is 6.30. The first-order valence-electron chi connectivity index (χ1n) is 27.0. The molecule has 0 saturated carbocycles. The van der Waals surface area contributed by atoms with Crippen LogP contribution in [0.2, 0.25) is 0 Å². The minimum atomic E-state index is -0.812.